The van der Waals surface area contributed by atoms with Gasteiger partial charge in [-0.05, 0) is 61.4 Å². The number of carbonyl (C=O) groups is 2. The van der Waals surface area contributed by atoms with Gasteiger partial charge in [0.1, 0.15) is 11.5 Å². The summed E-state index contributed by atoms with van der Waals surface area (Å²) in [6, 6.07) is 11.3. The van der Waals surface area contributed by atoms with Crippen LogP contribution in [-0.4, -0.2) is 25.2 Å². The molecule has 0 N–H and O–H groups in total. The van der Waals surface area contributed by atoms with Gasteiger partial charge in [0.15, 0.2) is 6.61 Å². The summed E-state index contributed by atoms with van der Waals surface area (Å²) < 4.78 is 15.7. The van der Waals surface area contributed by atoms with Gasteiger partial charge in [0, 0.05) is 5.02 Å². The fourth-order valence-corrected chi connectivity index (χ4v) is 2.35. The van der Waals surface area contributed by atoms with E-state index in [2.05, 4.69) is 0 Å². The van der Waals surface area contributed by atoms with Crippen molar-refractivity contribution in [1.82, 2.24) is 0 Å². The van der Waals surface area contributed by atoms with Crippen LogP contribution >= 0.6 is 11.6 Å². The molecular weight excluding hydrogens is 356 g/mol. The van der Waals surface area contributed by atoms with E-state index in [1.165, 1.54) is 0 Å². The minimum atomic E-state index is -0.544. The number of aryl methyl sites for hydroxylation is 1. The molecule has 2 aromatic carbocycles. The van der Waals surface area contributed by atoms with E-state index in [1.807, 2.05) is 13.8 Å². The lowest BCUT2D eigenvalue weighted by atomic mass is 10.2. The van der Waals surface area contributed by atoms with Gasteiger partial charge in [-0.15, -0.1) is 0 Å². The Morgan fingerprint density at radius 2 is 1.81 bits per heavy atom. The largest absolute Gasteiger partial charge is 0.482 e. The van der Waals surface area contributed by atoms with Gasteiger partial charge in [0.25, 0.3) is 0 Å². The molecule has 0 bridgehead atoms. The van der Waals surface area contributed by atoms with Gasteiger partial charge in [-0.1, -0.05) is 24.9 Å². The SMILES string of the molecule is CCCCOC(=O)c1ccc(OC(=O)COc2ccc(Cl)cc2C)cc1. The minimum Gasteiger partial charge on any atom is -0.482 e. The zero-order valence-electron chi connectivity index (χ0n) is 14.8. The number of ether oxygens (including phenoxy) is 3. The number of unbranched alkanes of at least 4 members (excludes halogenated alkanes) is 1. The first-order valence-electron chi connectivity index (χ1n) is 8.36. The molecule has 0 aliphatic heterocycles. The van der Waals surface area contributed by atoms with Crippen LogP contribution in [0.15, 0.2) is 42.5 Å². The zero-order valence-corrected chi connectivity index (χ0v) is 15.5. The normalized spacial score (nSPS) is 10.3. The molecule has 2 aromatic rings. The highest BCUT2D eigenvalue weighted by Crippen LogP contribution is 2.22. The van der Waals surface area contributed by atoms with Crippen LogP contribution in [0.4, 0.5) is 0 Å². The third-order valence-corrected chi connectivity index (χ3v) is 3.77. The standard InChI is InChI=1S/C20H21ClO5/c1-3-4-11-24-20(23)15-5-8-17(9-6-15)26-19(22)13-25-18-10-7-16(21)12-14(18)2/h5-10,12H,3-4,11,13H2,1-2H3. The molecular formula is C20H21ClO5. The third-order valence-electron chi connectivity index (χ3n) is 3.54. The van der Waals surface area contributed by atoms with Crippen molar-refractivity contribution in [2.45, 2.75) is 26.7 Å². The molecule has 0 saturated heterocycles. The molecule has 0 spiro atoms. The van der Waals surface area contributed by atoms with Crippen LogP contribution in [0.5, 0.6) is 11.5 Å². The molecule has 26 heavy (non-hydrogen) atoms. The minimum absolute atomic E-state index is 0.233. The van der Waals surface area contributed by atoms with E-state index in [0.29, 0.717) is 28.7 Å². The van der Waals surface area contributed by atoms with Gasteiger partial charge >= 0.3 is 11.9 Å². The van der Waals surface area contributed by atoms with Crippen molar-refractivity contribution in [3.8, 4) is 11.5 Å². The molecule has 0 aliphatic carbocycles. The van der Waals surface area contributed by atoms with E-state index >= 15 is 0 Å². The average molecular weight is 377 g/mol. The maximum Gasteiger partial charge on any atom is 0.349 e. The lowest BCUT2D eigenvalue weighted by molar-refractivity contribution is -0.136. The van der Waals surface area contributed by atoms with E-state index in [4.69, 9.17) is 25.8 Å². The third kappa shape index (κ3) is 6.08. The number of carbonyl (C=O) groups excluding carboxylic acids is 2. The lowest BCUT2D eigenvalue weighted by Crippen LogP contribution is -2.18. The van der Waals surface area contributed by atoms with Crippen molar-refractivity contribution in [1.29, 1.82) is 0 Å². The predicted octanol–water partition coefficient (Wildman–Crippen LogP) is 4.59. The molecule has 0 saturated carbocycles. The van der Waals surface area contributed by atoms with Crippen molar-refractivity contribution in [2.75, 3.05) is 13.2 Å². The van der Waals surface area contributed by atoms with Crippen molar-refractivity contribution in [3.05, 3.63) is 58.6 Å². The average Bonchev–Trinajstić information content (AvgIpc) is 2.61. The monoisotopic (exact) mass is 376 g/mol. The van der Waals surface area contributed by atoms with Gasteiger partial charge in [-0.3, -0.25) is 0 Å². The van der Waals surface area contributed by atoms with Crippen LogP contribution < -0.4 is 9.47 Å². The predicted molar refractivity (Wildman–Crippen MR) is 99.0 cm³/mol. The molecule has 0 amide bonds. The Bertz CT molecular complexity index is 755. The van der Waals surface area contributed by atoms with Gasteiger partial charge in [0.2, 0.25) is 0 Å². The maximum atomic E-state index is 11.9. The highest BCUT2D eigenvalue weighted by atomic mass is 35.5. The zero-order chi connectivity index (χ0) is 18.9. The first-order chi connectivity index (χ1) is 12.5. The quantitative estimate of drug-likeness (QED) is 0.383. The van der Waals surface area contributed by atoms with E-state index < -0.39 is 11.9 Å². The molecule has 0 fully saturated rings. The highest BCUT2D eigenvalue weighted by Gasteiger charge is 2.10. The number of hydrogen-bond donors (Lipinski definition) is 0. The second-order valence-corrected chi connectivity index (χ2v) is 6.12. The van der Waals surface area contributed by atoms with Crippen LogP contribution in [-0.2, 0) is 9.53 Å². The van der Waals surface area contributed by atoms with Crippen molar-refractivity contribution in [2.24, 2.45) is 0 Å². The Hall–Kier alpha value is -2.53. The van der Waals surface area contributed by atoms with Crippen molar-refractivity contribution >= 4 is 23.5 Å². The number of halogens is 1. The smallest absolute Gasteiger partial charge is 0.349 e. The summed E-state index contributed by atoms with van der Waals surface area (Å²) in [4.78, 5) is 23.7. The molecule has 0 heterocycles. The van der Waals surface area contributed by atoms with Crippen LogP contribution in [0.2, 0.25) is 5.02 Å². The second-order valence-electron chi connectivity index (χ2n) is 5.69. The van der Waals surface area contributed by atoms with E-state index in [9.17, 15) is 9.59 Å². The summed E-state index contributed by atoms with van der Waals surface area (Å²) in [7, 11) is 0. The topological polar surface area (TPSA) is 61.8 Å². The number of hydrogen-bond acceptors (Lipinski definition) is 5. The summed E-state index contributed by atoms with van der Waals surface area (Å²) in [6.45, 7) is 4.02. The summed E-state index contributed by atoms with van der Waals surface area (Å²) in [5.41, 5.74) is 1.24. The Labute approximate surface area is 157 Å². The van der Waals surface area contributed by atoms with E-state index in [0.717, 1.165) is 18.4 Å². The molecule has 5 nitrogen and oxygen atoms in total. The first-order valence-corrected chi connectivity index (χ1v) is 8.74. The van der Waals surface area contributed by atoms with Crippen LogP contribution in [0.25, 0.3) is 0 Å². The van der Waals surface area contributed by atoms with E-state index in [-0.39, 0.29) is 6.61 Å². The van der Waals surface area contributed by atoms with Crippen LogP contribution in [0.1, 0.15) is 35.7 Å². The summed E-state index contributed by atoms with van der Waals surface area (Å²) >= 11 is 5.88. The molecule has 2 rings (SSSR count). The Morgan fingerprint density at radius 3 is 2.46 bits per heavy atom. The Morgan fingerprint density at radius 1 is 1.08 bits per heavy atom. The van der Waals surface area contributed by atoms with Gasteiger partial charge in [-0.25, -0.2) is 9.59 Å². The molecule has 0 unspecified atom stereocenters. The van der Waals surface area contributed by atoms with Gasteiger partial charge < -0.3 is 14.2 Å². The van der Waals surface area contributed by atoms with Crippen LogP contribution in [0, 0.1) is 6.92 Å². The lowest BCUT2D eigenvalue weighted by Gasteiger charge is -2.09. The molecule has 6 heteroatoms. The van der Waals surface area contributed by atoms with Crippen LogP contribution in [0.3, 0.4) is 0 Å². The molecule has 138 valence electrons. The molecule has 0 aromatic heterocycles. The Balaban J connectivity index is 1.84. The summed E-state index contributed by atoms with van der Waals surface area (Å²) in [5.74, 6) is -0.0384. The maximum absolute atomic E-state index is 11.9. The molecule has 0 radical (unpaired) electrons. The second kappa shape index (κ2) is 9.82. The number of esters is 2. The fraction of sp³-hybridized carbons (Fsp3) is 0.300. The van der Waals surface area contributed by atoms with Crippen molar-refractivity contribution < 1.29 is 23.8 Å². The highest BCUT2D eigenvalue weighted by molar-refractivity contribution is 6.30. The fourth-order valence-electron chi connectivity index (χ4n) is 2.12. The van der Waals surface area contributed by atoms with E-state index in [1.54, 1.807) is 42.5 Å². The first kappa shape index (κ1) is 19.8. The molecule has 0 aliphatic rings. The Kier molecular flexibility index (Phi) is 7.48. The van der Waals surface area contributed by atoms with Crippen molar-refractivity contribution in [3.63, 3.8) is 0 Å². The summed E-state index contributed by atoms with van der Waals surface area (Å²) in [6.07, 6.45) is 1.79. The number of rotatable bonds is 8. The summed E-state index contributed by atoms with van der Waals surface area (Å²) in [5, 5.41) is 0.603. The number of benzene rings is 2. The molecule has 0 atom stereocenters. The van der Waals surface area contributed by atoms with Gasteiger partial charge in [0.05, 0.1) is 12.2 Å². The van der Waals surface area contributed by atoms with Gasteiger partial charge in [-0.2, -0.15) is 0 Å².